The molecule has 0 unspecified atom stereocenters. The van der Waals surface area contributed by atoms with Crippen LogP contribution in [-0.2, 0) is 0 Å². The molecule has 1 heterocycles. The molecule has 1 aromatic carbocycles. The van der Waals surface area contributed by atoms with Gasteiger partial charge in [0.2, 0.25) is 5.16 Å². The molecule has 3 rings (SSSR count). The zero-order chi connectivity index (χ0) is 14.8. The lowest BCUT2D eigenvalue weighted by Crippen LogP contribution is -2.22. The zero-order valence-electron chi connectivity index (χ0n) is 11.6. The van der Waals surface area contributed by atoms with E-state index in [1.54, 1.807) is 18.2 Å². The van der Waals surface area contributed by atoms with Crippen molar-refractivity contribution < 1.29 is 4.79 Å². The summed E-state index contributed by atoms with van der Waals surface area (Å²) in [5.74, 6) is -0.110. The van der Waals surface area contributed by atoms with Crippen molar-refractivity contribution in [2.75, 3.05) is 12.3 Å². The lowest BCUT2D eigenvalue weighted by atomic mass is 10.2. The van der Waals surface area contributed by atoms with E-state index < -0.39 is 0 Å². The third-order valence-electron chi connectivity index (χ3n) is 3.17. The van der Waals surface area contributed by atoms with Gasteiger partial charge in [0.05, 0.1) is 6.04 Å². The molecule has 7 nitrogen and oxygen atoms in total. The van der Waals surface area contributed by atoms with E-state index in [9.17, 15) is 4.79 Å². The van der Waals surface area contributed by atoms with Crippen LogP contribution < -0.4 is 11.1 Å². The van der Waals surface area contributed by atoms with Crippen LogP contribution in [0.2, 0.25) is 0 Å². The van der Waals surface area contributed by atoms with Gasteiger partial charge in [0, 0.05) is 22.7 Å². The van der Waals surface area contributed by atoms with Crippen LogP contribution in [0, 0.1) is 0 Å². The van der Waals surface area contributed by atoms with Gasteiger partial charge in [0.15, 0.2) is 0 Å². The van der Waals surface area contributed by atoms with E-state index in [-0.39, 0.29) is 5.91 Å². The van der Waals surface area contributed by atoms with Gasteiger partial charge in [-0.15, -0.1) is 5.10 Å². The number of tetrazole rings is 1. The summed E-state index contributed by atoms with van der Waals surface area (Å²) in [4.78, 5) is 12.7. The smallest absolute Gasteiger partial charge is 0.251 e. The van der Waals surface area contributed by atoms with Crippen LogP contribution in [0.15, 0.2) is 28.3 Å². The number of carbonyl (C=O) groups is 1. The van der Waals surface area contributed by atoms with E-state index >= 15 is 0 Å². The number of hydrogen-bond acceptors (Lipinski definition) is 6. The highest BCUT2D eigenvalue weighted by atomic mass is 32.2. The Morgan fingerprint density at radius 1 is 1.52 bits per heavy atom. The van der Waals surface area contributed by atoms with Crippen LogP contribution in [0.5, 0.6) is 0 Å². The van der Waals surface area contributed by atoms with E-state index in [0.717, 1.165) is 17.7 Å². The number of aromatic nitrogens is 4. The molecule has 0 saturated heterocycles. The predicted molar refractivity (Wildman–Crippen MR) is 79.1 cm³/mol. The first kappa shape index (κ1) is 13.9. The second-order valence-electron chi connectivity index (χ2n) is 4.85. The topological polar surface area (TPSA) is 98.7 Å². The van der Waals surface area contributed by atoms with Crippen molar-refractivity contribution >= 4 is 23.4 Å². The first-order valence-corrected chi connectivity index (χ1v) is 7.64. The zero-order valence-corrected chi connectivity index (χ0v) is 12.4. The summed E-state index contributed by atoms with van der Waals surface area (Å²) in [6.45, 7) is 2.47. The maximum Gasteiger partial charge on any atom is 0.251 e. The van der Waals surface area contributed by atoms with Gasteiger partial charge in [-0.05, 0) is 60.2 Å². The largest absolute Gasteiger partial charge is 0.398 e. The Hall–Kier alpha value is -2.09. The highest BCUT2D eigenvalue weighted by molar-refractivity contribution is 7.99. The third kappa shape index (κ3) is 2.99. The van der Waals surface area contributed by atoms with Crippen molar-refractivity contribution in [2.24, 2.45) is 0 Å². The molecule has 0 atom stereocenters. The lowest BCUT2D eigenvalue weighted by Gasteiger charge is -2.08. The molecule has 110 valence electrons. The van der Waals surface area contributed by atoms with Crippen molar-refractivity contribution in [2.45, 2.75) is 35.9 Å². The van der Waals surface area contributed by atoms with Gasteiger partial charge in [0.1, 0.15) is 0 Å². The number of benzene rings is 1. The second-order valence-corrected chi connectivity index (χ2v) is 5.86. The van der Waals surface area contributed by atoms with Crippen molar-refractivity contribution in [1.29, 1.82) is 0 Å². The second kappa shape index (κ2) is 5.72. The first-order valence-electron chi connectivity index (χ1n) is 6.82. The summed E-state index contributed by atoms with van der Waals surface area (Å²) < 4.78 is 1.82. The molecule has 0 radical (unpaired) electrons. The Labute approximate surface area is 126 Å². The van der Waals surface area contributed by atoms with Gasteiger partial charge < -0.3 is 11.1 Å². The number of nitrogens with two attached hydrogens (primary N) is 1. The monoisotopic (exact) mass is 304 g/mol. The van der Waals surface area contributed by atoms with E-state index in [4.69, 9.17) is 5.73 Å². The van der Waals surface area contributed by atoms with Crippen LogP contribution in [0.4, 0.5) is 5.69 Å². The molecular weight excluding hydrogens is 288 g/mol. The van der Waals surface area contributed by atoms with Crippen LogP contribution >= 0.6 is 11.8 Å². The number of nitrogens with zero attached hydrogens (tertiary/aromatic N) is 4. The average molecular weight is 304 g/mol. The van der Waals surface area contributed by atoms with Gasteiger partial charge in [-0.2, -0.15) is 0 Å². The van der Waals surface area contributed by atoms with Crippen LogP contribution in [-0.4, -0.2) is 32.7 Å². The van der Waals surface area contributed by atoms with E-state index in [2.05, 4.69) is 20.8 Å². The maximum atomic E-state index is 11.9. The predicted octanol–water partition coefficient (Wildman–Crippen LogP) is 1.49. The molecular formula is C13H16N6OS. The summed E-state index contributed by atoms with van der Waals surface area (Å²) in [5.41, 5.74) is 7.18. The van der Waals surface area contributed by atoms with Crippen LogP contribution in [0.3, 0.4) is 0 Å². The molecule has 1 fully saturated rings. The first-order chi connectivity index (χ1) is 10.2. The molecule has 1 amide bonds. The molecule has 1 aromatic heterocycles. The highest BCUT2D eigenvalue weighted by Crippen LogP contribution is 2.39. The number of nitrogen functional groups attached to an aromatic ring is 1. The van der Waals surface area contributed by atoms with E-state index in [1.807, 2.05) is 11.6 Å². The minimum absolute atomic E-state index is 0.110. The fourth-order valence-electron chi connectivity index (χ4n) is 1.93. The molecule has 0 aliphatic heterocycles. The summed E-state index contributed by atoms with van der Waals surface area (Å²) in [5, 5.41) is 15.2. The summed E-state index contributed by atoms with van der Waals surface area (Å²) in [6, 6.07) is 5.62. The number of anilines is 1. The third-order valence-corrected chi connectivity index (χ3v) is 4.19. The van der Waals surface area contributed by atoms with Crippen molar-refractivity contribution in [3.63, 3.8) is 0 Å². The standard InChI is InChI=1S/C13H16N6OS/c1-2-15-12(20)8-3-6-10(14)11(7-8)21-13-16-17-18-19(13)9-4-5-9/h3,6-7,9H,2,4-5,14H2,1H3,(H,15,20). The van der Waals surface area contributed by atoms with Crippen LogP contribution in [0.1, 0.15) is 36.2 Å². The molecule has 1 aliphatic rings. The molecule has 8 heteroatoms. The van der Waals surface area contributed by atoms with E-state index in [0.29, 0.717) is 29.0 Å². The Kier molecular flexibility index (Phi) is 3.78. The minimum Gasteiger partial charge on any atom is -0.398 e. The van der Waals surface area contributed by atoms with Gasteiger partial charge in [-0.25, -0.2) is 4.68 Å². The molecule has 0 spiro atoms. The number of nitrogens with one attached hydrogen (secondary N) is 1. The van der Waals surface area contributed by atoms with Crippen molar-refractivity contribution in [3.05, 3.63) is 23.8 Å². The number of hydrogen-bond donors (Lipinski definition) is 2. The van der Waals surface area contributed by atoms with Crippen LogP contribution in [0.25, 0.3) is 0 Å². The maximum absolute atomic E-state index is 11.9. The van der Waals surface area contributed by atoms with Gasteiger partial charge in [-0.1, -0.05) is 0 Å². The molecule has 3 N–H and O–H groups in total. The molecule has 21 heavy (non-hydrogen) atoms. The Morgan fingerprint density at radius 2 is 2.33 bits per heavy atom. The Bertz CT molecular complexity index is 666. The quantitative estimate of drug-likeness (QED) is 0.812. The fraction of sp³-hybridized carbons (Fsp3) is 0.385. The van der Waals surface area contributed by atoms with Gasteiger partial charge >= 0.3 is 0 Å². The normalized spacial score (nSPS) is 14.1. The van der Waals surface area contributed by atoms with Crippen molar-refractivity contribution in [3.8, 4) is 0 Å². The highest BCUT2D eigenvalue weighted by Gasteiger charge is 2.28. The summed E-state index contributed by atoms with van der Waals surface area (Å²) in [7, 11) is 0. The van der Waals surface area contributed by atoms with Gasteiger partial charge in [0.25, 0.3) is 5.91 Å². The van der Waals surface area contributed by atoms with Gasteiger partial charge in [-0.3, -0.25) is 4.79 Å². The summed E-state index contributed by atoms with van der Waals surface area (Å²) in [6.07, 6.45) is 2.21. The lowest BCUT2D eigenvalue weighted by molar-refractivity contribution is 0.0955. The van der Waals surface area contributed by atoms with E-state index in [1.165, 1.54) is 11.8 Å². The summed E-state index contributed by atoms with van der Waals surface area (Å²) >= 11 is 1.39. The Morgan fingerprint density at radius 3 is 3.05 bits per heavy atom. The average Bonchev–Trinajstić information content (AvgIpc) is 3.21. The number of amides is 1. The number of rotatable bonds is 5. The van der Waals surface area contributed by atoms with Crippen molar-refractivity contribution in [1.82, 2.24) is 25.5 Å². The Balaban J connectivity index is 1.85. The SMILES string of the molecule is CCNC(=O)c1ccc(N)c(Sc2nnnn2C2CC2)c1. The number of carbonyl (C=O) groups excluding carboxylic acids is 1. The minimum atomic E-state index is -0.110. The molecule has 1 aliphatic carbocycles. The fourth-order valence-corrected chi connectivity index (χ4v) is 2.85. The molecule has 2 aromatic rings. The molecule has 0 bridgehead atoms. The molecule has 1 saturated carbocycles.